The van der Waals surface area contributed by atoms with E-state index in [1.165, 1.54) is 26.1 Å². The van der Waals surface area contributed by atoms with Crippen molar-refractivity contribution in [1.82, 2.24) is 15.0 Å². The quantitative estimate of drug-likeness (QED) is 0.523. The van der Waals surface area contributed by atoms with Crippen molar-refractivity contribution in [3.05, 3.63) is 41.2 Å². The Morgan fingerprint density at radius 3 is 2.41 bits per heavy atom. The van der Waals surface area contributed by atoms with Crippen molar-refractivity contribution in [1.29, 1.82) is 0 Å². The summed E-state index contributed by atoms with van der Waals surface area (Å²) in [5, 5.41) is -0.545. The van der Waals surface area contributed by atoms with Crippen LogP contribution in [-0.2, 0) is 15.6 Å². The van der Waals surface area contributed by atoms with Crippen LogP contribution in [0.25, 0.3) is 11.0 Å². The van der Waals surface area contributed by atoms with E-state index in [0.717, 1.165) is 12.1 Å². The zero-order valence-electron chi connectivity index (χ0n) is 16.4. The number of halogens is 6. The van der Waals surface area contributed by atoms with Crippen molar-refractivity contribution in [3.63, 3.8) is 0 Å². The van der Waals surface area contributed by atoms with Crippen molar-refractivity contribution < 1.29 is 44.2 Å². The number of fused-ring (bicyclic) bond motifs is 1. The SMILES string of the molecule is Cc1cnc(CS(=O)(=O)c2nc3cc(OC(F)(F)F)ccc3[nH]2)c(C)c1OCC(F)(F)F. The third-order valence-electron chi connectivity index (χ3n) is 4.21. The molecule has 1 aromatic carbocycles. The van der Waals surface area contributed by atoms with Crippen LogP contribution in [-0.4, -0.2) is 42.5 Å². The number of nitrogens with one attached hydrogen (secondary N) is 1. The molecule has 14 heteroatoms. The number of nitrogens with zero attached hydrogens (tertiary/aromatic N) is 2. The zero-order valence-corrected chi connectivity index (χ0v) is 17.2. The summed E-state index contributed by atoms with van der Waals surface area (Å²) in [5.41, 5.74) is 0.381. The fourth-order valence-corrected chi connectivity index (χ4v) is 4.12. The van der Waals surface area contributed by atoms with Crippen LogP contribution in [0.3, 0.4) is 0 Å². The molecule has 0 saturated carbocycles. The molecule has 0 saturated heterocycles. The maximum atomic E-state index is 12.8. The van der Waals surface area contributed by atoms with Gasteiger partial charge in [-0.15, -0.1) is 13.2 Å². The first-order valence-electron chi connectivity index (χ1n) is 8.77. The summed E-state index contributed by atoms with van der Waals surface area (Å²) in [6.45, 7) is 1.27. The monoisotopic (exact) mass is 483 g/mol. The number of sulfone groups is 1. The number of benzene rings is 1. The Labute approximate surface area is 177 Å². The molecule has 7 nitrogen and oxygen atoms in total. The molecule has 2 heterocycles. The number of hydrogen-bond acceptors (Lipinski definition) is 6. The van der Waals surface area contributed by atoms with Gasteiger partial charge < -0.3 is 14.5 Å². The van der Waals surface area contributed by atoms with Crippen LogP contribution in [0.15, 0.2) is 29.6 Å². The maximum Gasteiger partial charge on any atom is 0.573 e. The first-order chi connectivity index (χ1) is 14.6. The number of hydrogen-bond donors (Lipinski definition) is 1. The van der Waals surface area contributed by atoms with Gasteiger partial charge in [0.1, 0.15) is 17.3 Å². The number of H-pyrrole nitrogens is 1. The first kappa shape index (κ1) is 23.6. The lowest BCUT2D eigenvalue weighted by molar-refractivity contribution is -0.274. The van der Waals surface area contributed by atoms with Crippen LogP contribution in [0, 0.1) is 13.8 Å². The molecule has 0 spiro atoms. The van der Waals surface area contributed by atoms with Crippen molar-refractivity contribution in [3.8, 4) is 11.5 Å². The highest BCUT2D eigenvalue weighted by Gasteiger charge is 2.32. The van der Waals surface area contributed by atoms with Crippen molar-refractivity contribution in [2.75, 3.05) is 6.61 Å². The van der Waals surface area contributed by atoms with E-state index in [2.05, 4.69) is 19.7 Å². The van der Waals surface area contributed by atoms with E-state index in [0.29, 0.717) is 0 Å². The van der Waals surface area contributed by atoms with Crippen LogP contribution >= 0.6 is 0 Å². The lowest BCUT2D eigenvalue weighted by Crippen LogP contribution is -2.20. The lowest BCUT2D eigenvalue weighted by Gasteiger charge is -2.15. The molecule has 0 aliphatic heterocycles. The summed E-state index contributed by atoms with van der Waals surface area (Å²) in [6.07, 6.45) is -8.33. The van der Waals surface area contributed by atoms with Gasteiger partial charge in [0.25, 0.3) is 0 Å². The Balaban J connectivity index is 1.90. The molecule has 3 aromatic rings. The van der Waals surface area contributed by atoms with Gasteiger partial charge in [0.2, 0.25) is 15.0 Å². The number of ether oxygens (including phenoxy) is 2. The summed E-state index contributed by atoms with van der Waals surface area (Å²) in [4.78, 5) is 10.3. The minimum absolute atomic E-state index is 0.0608. The molecule has 3 rings (SSSR count). The molecular formula is C18H15F6N3O4S. The van der Waals surface area contributed by atoms with Crippen LogP contribution in [0.4, 0.5) is 26.3 Å². The number of rotatable bonds is 6. The lowest BCUT2D eigenvalue weighted by atomic mass is 10.1. The molecule has 0 amide bonds. The minimum atomic E-state index is -4.93. The summed E-state index contributed by atoms with van der Waals surface area (Å²) in [6, 6.07) is 3.07. The molecule has 0 atom stereocenters. The van der Waals surface area contributed by atoms with Crippen molar-refractivity contribution in [2.24, 2.45) is 0 Å². The van der Waals surface area contributed by atoms with E-state index >= 15 is 0 Å². The first-order valence-corrected chi connectivity index (χ1v) is 10.4. The standard InChI is InChI=1S/C18H15F6N3O4S/c1-9-6-25-14(10(2)15(9)30-8-17(19,20)21)7-32(28,29)16-26-12-4-3-11(5-13(12)27-16)31-18(22,23)24/h3-6H,7-8H2,1-2H3,(H,26,27). The number of aryl methyl sites for hydroxylation is 1. The molecule has 0 bridgehead atoms. The molecule has 2 aromatic heterocycles. The Hall–Kier alpha value is -3.03. The molecule has 0 aliphatic carbocycles. The van der Waals surface area contributed by atoms with Gasteiger partial charge in [0.05, 0.1) is 16.7 Å². The second kappa shape index (κ2) is 8.15. The van der Waals surface area contributed by atoms with Gasteiger partial charge in [-0.2, -0.15) is 13.2 Å². The third-order valence-corrected chi connectivity index (χ3v) is 5.65. The molecule has 1 N–H and O–H groups in total. The summed E-state index contributed by atoms with van der Waals surface area (Å²) >= 11 is 0. The van der Waals surface area contributed by atoms with Crippen molar-refractivity contribution >= 4 is 20.9 Å². The van der Waals surface area contributed by atoms with E-state index in [4.69, 9.17) is 4.74 Å². The van der Waals surface area contributed by atoms with Gasteiger partial charge in [-0.3, -0.25) is 4.98 Å². The average molecular weight is 483 g/mol. The highest BCUT2D eigenvalue weighted by atomic mass is 32.2. The normalized spacial score (nSPS) is 12.9. The predicted molar refractivity (Wildman–Crippen MR) is 98.9 cm³/mol. The van der Waals surface area contributed by atoms with E-state index in [-0.39, 0.29) is 33.6 Å². The fraction of sp³-hybridized carbons (Fsp3) is 0.333. The minimum Gasteiger partial charge on any atom is -0.483 e. The van der Waals surface area contributed by atoms with Gasteiger partial charge >= 0.3 is 12.5 Å². The van der Waals surface area contributed by atoms with E-state index in [1.807, 2.05) is 0 Å². The van der Waals surface area contributed by atoms with Crippen LogP contribution < -0.4 is 9.47 Å². The predicted octanol–water partition coefficient (Wildman–Crippen LogP) is 4.39. The molecular weight excluding hydrogens is 468 g/mol. The molecule has 174 valence electrons. The largest absolute Gasteiger partial charge is 0.573 e. The second-order valence-corrected chi connectivity index (χ2v) is 8.68. The van der Waals surface area contributed by atoms with Crippen molar-refractivity contribution in [2.45, 2.75) is 37.3 Å². The zero-order chi connectivity index (χ0) is 23.9. The summed E-state index contributed by atoms with van der Waals surface area (Å²) < 4.78 is 109. The Kier molecular flexibility index (Phi) is 6.02. The van der Waals surface area contributed by atoms with E-state index < -0.39 is 45.6 Å². The Bertz CT molecular complexity index is 1250. The number of pyridine rings is 1. The van der Waals surface area contributed by atoms with Crippen LogP contribution in [0.5, 0.6) is 11.5 Å². The van der Waals surface area contributed by atoms with Gasteiger partial charge in [-0.25, -0.2) is 13.4 Å². The van der Waals surface area contributed by atoms with Gasteiger partial charge in [0.15, 0.2) is 6.61 Å². The van der Waals surface area contributed by atoms with E-state index in [1.54, 1.807) is 0 Å². The van der Waals surface area contributed by atoms with Crippen LogP contribution in [0.2, 0.25) is 0 Å². The summed E-state index contributed by atoms with van der Waals surface area (Å²) in [5.74, 6) is -1.45. The number of aromatic nitrogens is 3. The number of aromatic amines is 1. The van der Waals surface area contributed by atoms with Gasteiger partial charge in [0, 0.05) is 23.4 Å². The number of imidazole rings is 1. The smallest absolute Gasteiger partial charge is 0.483 e. The third kappa shape index (κ3) is 5.60. The Morgan fingerprint density at radius 1 is 1.09 bits per heavy atom. The molecule has 32 heavy (non-hydrogen) atoms. The number of alkyl halides is 6. The topological polar surface area (TPSA) is 94.2 Å². The average Bonchev–Trinajstić information content (AvgIpc) is 3.06. The molecule has 0 radical (unpaired) electrons. The fourth-order valence-electron chi connectivity index (χ4n) is 2.83. The molecule has 0 aliphatic rings. The highest BCUT2D eigenvalue weighted by Crippen LogP contribution is 2.30. The molecule has 0 unspecified atom stereocenters. The van der Waals surface area contributed by atoms with Gasteiger partial charge in [-0.1, -0.05) is 0 Å². The highest BCUT2D eigenvalue weighted by molar-refractivity contribution is 7.90. The Morgan fingerprint density at radius 2 is 1.78 bits per heavy atom. The van der Waals surface area contributed by atoms with E-state index in [9.17, 15) is 34.8 Å². The van der Waals surface area contributed by atoms with Gasteiger partial charge in [-0.05, 0) is 26.0 Å². The maximum absolute atomic E-state index is 12.8. The molecule has 0 fully saturated rings. The second-order valence-electron chi connectivity index (χ2n) is 6.77. The summed E-state index contributed by atoms with van der Waals surface area (Å²) in [7, 11) is -4.19. The van der Waals surface area contributed by atoms with Crippen LogP contribution in [0.1, 0.15) is 16.8 Å².